The minimum atomic E-state index is -0.711. The molecule has 0 amide bonds. The molecule has 3 aliphatic carbocycles. The molecule has 3 heterocycles. The normalized spacial score (nSPS) is 31.5. The maximum absolute atomic E-state index is 13.8. The Balaban J connectivity index is 1.10. The van der Waals surface area contributed by atoms with E-state index in [1.165, 1.54) is 4.68 Å². The van der Waals surface area contributed by atoms with Gasteiger partial charge in [-0.2, -0.15) is 0 Å². The average molecular weight is 709 g/mol. The van der Waals surface area contributed by atoms with E-state index in [1.807, 2.05) is 35.8 Å². The Labute approximate surface area is 305 Å². The van der Waals surface area contributed by atoms with E-state index >= 15 is 0 Å². The van der Waals surface area contributed by atoms with Crippen molar-refractivity contribution in [3.8, 4) is 11.3 Å². The highest BCUT2D eigenvalue weighted by Crippen LogP contribution is 2.68. The number of aromatic nitrogens is 7. The van der Waals surface area contributed by atoms with E-state index in [0.717, 1.165) is 60.5 Å². The van der Waals surface area contributed by atoms with Gasteiger partial charge in [0.2, 0.25) is 0 Å². The molecule has 8 atom stereocenters. The zero-order chi connectivity index (χ0) is 37.0. The lowest BCUT2D eigenvalue weighted by Gasteiger charge is -2.61. The van der Waals surface area contributed by atoms with Crippen LogP contribution in [-0.2, 0) is 27.4 Å². The maximum atomic E-state index is 13.8. The Hall–Kier alpha value is -4.45. The van der Waals surface area contributed by atoms with E-state index in [1.54, 1.807) is 18.9 Å². The van der Waals surface area contributed by atoms with Crippen molar-refractivity contribution in [3.05, 3.63) is 61.3 Å². The first kappa shape index (κ1) is 35.9. The Morgan fingerprint density at radius 1 is 1.15 bits per heavy atom. The summed E-state index contributed by atoms with van der Waals surface area (Å²) < 4.78 is 9.95. The first-order valence-electron chi connectivity index (χ1n) is 18.8. The van der Waals surface area contributed by atoms with E-state index in [4.69, 9.17) is 4.74 Å². The topological polar surface area (TPSA) is 141 Å². The van der Waals surface area contributed by atoms with Crippen molar-refractivity contribution in [2.24, 2.45) is 34.0 Å². The first-order chi connectivity index (χ1) is 24.9. The number of rotatable bonds is 10. The minimum Gasteiger partial charge on any atom is -0.460 e. The number of fused-ring (bicyclic) bond motifs is 1. The van der Waals surface area contributed by atoms with Crippen molar-refractivity contribution >= 4 is 28.7 Å². The monoisotopic (exact) mass is 708 g/mol. The lowest BCUT2D eigenvalue weighted by Crippen LogP contribution is -2.63. The molecule has 276 valence electrons. The van der Waals surface area contributed by atoms with E-state index < -0.39 is 29.0 Å². The average Bonchev–Trinajstić information content (AvgIpc) is 3.87. The Bertz CT molecular complexity index is 1990. The first-order valence-corrected chi connectivity index (χ1v) is 18.8. The van der Waals surface area contributed by atoms with Crippen molar-refractivity contribution in [1.29, 1.82) is 0 Å². The number of carbonyl (C=O) groups excluding carboxylic acids is 2. The minimum absolute atomic E-state index is 0.0823. The third-order valence-electron chi connectivity index (χ3n) is 13.4. The summed E-state index contributed by atoms with van der Waals surface area (Å²) in [5, 5.41) is 20.5. The zero-order valence-corrected chi connectivity index (χ0v) is 31.3. The summed E-state index contributed by atoms with van der Waals surface area (Å²) in [6.07, 6.45) is 9.12. The number of anilines is 1. The Kier molecular flexibility index (Phi) is 9.34. The third kappa shape index (κ3) is 5.74. The summed E-state index contributed by atoms with van der Waals surface area (Å²) in [5.41, 5.74) is 2.49. The maximum Gasteiger partial charge on any atom is 0.328 e. The van der Waals surface area contributed by atoms with Crippen molar-refractivity contribution in [1.82, 2.24) is 34.5 Å². The molecule has 1 aromatic carbocycles. The number of ether oxygens (including phenoxy) is 1. The number of imidazole rings is 1. The molecule has 3 aliphatic rings. The van der Waals surface area contributed by atoms with Gasteiger partial charge in [-0.05, 0) is 68.4 Å². The lowest BCUT2D eigenvalue weighted by molar-refractivity contribution is -0.207. The van der Waals surface area contributed by atoms with Crippen LogP contribution in [-0.4, -0.2) is 76.7 Å². The van der Waals surface area contributed by atoms with E-state index in [0.29, 0.717) is 25.1 Å². The van der Waals surface area contributed by atoms with Gasteiger partial charge in [-0.25, -0.2) is 19.6 Å². The molecule has 3 aromatic heterocycles. The fraction of sp³-hybridized carbons (Fsp3) is 0.575. The molecule has 0 radical (unpaired) electrons. The van der Waals surface area contributed by atoms with Gasteiger partial charge in [-0.3, -0.25) is 9.59 Å². The SMILES string of the molecule is C=C[C@]1(C)C[C@@H](OC(=O)Cn2cc(-c3cccc(Cn4cnc5c(N(CC)CC)ncnc54)c3)nn2)[C@]2(C)[C@H](C)CC[C@]3(CCC(=O)[C@H]32)[C@@H](C)[C@@H]1O. The number of hydrogen-bond donors (Lipinski definition) is 1. The van der Waals surface area contributed by atoms with Crippen LogP contribution in [0.25, 0.3) is 22.4 Å². The molecule has 12 nitrogen and oxygen atoms in total. The van der Waals surface area contributed by atoms with Crippen LogP contribution in [0.15, 0.2) is 55.8 Å². The molecule has 2 bridgehead atoms. The summed E-state index contributed by atoms with van der Waals surface area (Å²) >= 11 is 0. The van der Waals surface area contributed by atoms with Gasteiger partial charge in [0.05, 0.1) is 25.2 Å². The molecule has 0 spiro atoms. The van der Waals surface area contributed by atoms with Gasteiger partial charge in [0, 0.05) is 41.8 Å². The van der Waals surface area contributed by atoms with Gasteiger partial charge in [-0.1, -0.05) is 57.2 Å². The number of nitrogens with zero attached hydrogens (tertiary/aromatic N) is 8. The van der Waals surface area contributed by atoms with Gasteiger partial charge >= 0.3 is 5.97 Å². The fourth-order valence-corrected chi connectivity index (χ4v) is 10.1. The molecule has 1 N–H and O–H groups in total. The molecule has 0 aliphatic heterocycles. The number of Topliss-reactive ketones (excluding diaryl/α,β-unsaturated/α-hetero) is 1. The van der Waals surface area contributed by atoms with Gasteiger partial charge in [0.15, 0.2) is 17.0 Å². The number of esters is 1. The van der Waals surface area contributed by atoms with E-state index in [-0.39, 0.29) is 35.5 Å². The second kappa shape index (κ2) is 13.5. The third-order valence-corrected chi connectivity index (χ3v) is 13.4. The lowest BCUT2D eigenvalue weighted by atomic mass is 9.44. The number of ketones is 1. The summed E-state index contributed by atoms with van der Waals surface area (Å²) in [4.78, 5) is 43.4. The zero-order valence-electron chi connectivity index (χ0n) is 31.3. The van der Waals surface area contributed by atoms with Crippen LogP contribution in [0.5, 0.6) is 0 Å². The second-order valence-electron chi connectivity index (χ2n) is 16.0. The van der Waals surface area contributed by atoms with Crippen LogP contribution in [0.4, 0.5) is 5.82 Å². The molecule has 3 saturated carbocycles. The van der Waals surface area contributed by atoms with Gasteiger partial charge in [-0.15, -0.1) is 11.7 Å². The quantitative estimate of drug-likeness (QED) is 0.157. The van der Waals surface area contributed by atoms with E-state index in [9.17, 15) is 14.7 Å². The van der Waals surface area contributed by atoms with E-state index in [2.05, 4.69) is 77.4 Å². The highest BCUT2D eigenvalue weighted by atomic mass is 16.5. The Morgan fingerprint density at radius 2 is 1.94 bits per heavy atom. The number of aliphatic hydroxyl groups is 1. The smallest absolute Gasteiger partial charge is 0.328 e. The van der Waals surface area contributed by atoms with Crippen LogP contribution >= 0.6 is 0 Å². The summed E-state index contributed by atoms with van der Waals surface area (Å²) in [6.45, 7) is 18.8. The van der Waals surface area contributed by atoms with Crippen LogP contribution in [0.2, 0.25) is 0 Å². The molecule has 0 saturated heterocycles. The summed E-state index contributed by atoms with van der Waals surface area (Å²) in [6, 6.07) is 8.04. The van der Waals surface area contributed by atoms with Gasteiger partial charge in [0.25, 0.3) is 0 Å². The predicted molar refractivity (Wildman–Crippen MR) is 198 cm³/mol. The predicted octanol–water partition coefficient (Wildman–Crippen LogP) is 5.89. The molecule has 52 heavy (non-hydrogen) atoms. The van der Waals surface area contributed by atoms with Crippen molar-refractivity contribution < 1.29 is 19.4 Å². The van der Waals surface area contributed by atoms with Crippen molar-refractivity contribution in [2.75, 3.05) is 18.0 Å². The number of benzene rings is 1. The van der Waals surface area contributed by atoms with Gasteiger partial charge < -0.3 is 19.3 Å². The number of hydrogen-bond acceptors (Lipinski definition) is 10. The number of carbonyl (C=O) groups is 2. The van der Waals surface area contributed by atoms with Crippen LogP contribution in [0, 0.1) is 34.0 Å². The highest BCUT2D eigenvalue weighted by molar-refractivity contribution is 5.86. The molecule has 3 fully saturated rings. The number of aliphatic hydroxyl groups excluding tert-OH is 1. The highest BCUT2D eigenvalue weighted by Gasteiger charge is 2.68. The van der Waals surface area contributed by atoms with Gasteiger partial charge in [0.1, 0.15) is 30.5 Å². The second-order valence-corrected chi connectivity index (χ2v) is 16.0. The summed E-state index contributed by atoms with van der Waals surface area (Å²) in [7, 11) is 0. The molecule has 12 heteroatoms. The molecular weight excluding hydrogens is 656 g/mol. The standard InChI is InChI=1S/C40H52N8O4/c1-8-38(6)19-31(39(7)25(4)14-16-40(26(5)35(38)51)17-15-30(49)34(39)40)52-32(50)22-48-21-29(44-45-48)28-13-11-12-27(18-28)20-47-24-43-33-36(46(9-2)10-3)41-23-42-37(33)47/h8,11-13,18,21,23-26,31,34-35,51H,1,9-10,14-17,19-20,22H2,2-7H3/t25-,26+,31-,34+,35+,38-,39+,40+/m1/s1. The summed E-state index contributed by atoms with van der Waals surface area (Å²) in [5.74, 6) is 0.418. The fourth-order valence-electron chi connectivity index (χ4n) is 10.1. The molecule has 4 aromatic rings. The molecular formula is C40H52N8O4. The largest absolute Gasteiger partial charge is 0.460 e. The molecule has 7 rings (SSSR count). The van der Waals surface area contributed by atoms with Crippen LogP contribution in [0.3, 0.4) is 0 Å². The molecule has 0 unspecified atom stereocenters. The Morgan fingerprint density at radius 3 is 2.69 bits per heavy atom. The van der Waals surface area contributed by atoms with Crippen LogP contribution < -0.4 is 4.90 Å². The van der Waals surface area contributed by atoms with Crippen molar-refractivity contribution in [2.45, 2.75) is 98.9 Å². The van der Waals surface area contributed by atoms with Crippen LogP contribution in [0.1, 0.15) is 79.2 Å². The van der Waals surface area contributed by atoms with Crippen molar-refractivity contribution in [3.63, 3.8) is 0 Å².